The molecule has 1 saturated carbocycles. The summed E-state index contributed by atoms with van der Waals surface area (Å²) < 4.78 is 56.2. The number of aromatic nitrogens is 1. The van der Waals surface area contributed by atoms with E-state index in [1.807, 2.05) is 0 Å². The summed E-state index contributed by atoms with van der Waals surface area (Å²) in [7, 11) is 0. The molecular weight excluding hydrogens is 454 g/mol. The van der Waals surface area contributed by atoms with Crippen molar-refractivity contribution in [3.05, 3.63) is 46.4 Å². The number of aromatic amines is 1. The second-order valence-corrected chi connectivity index (χ2v) is 8.55. The van der Waals surface area contributed by atoms with Gasteiger partial charge in [-0.2, -0.15) is 13.2 Å². The van der Waals surface area contributed by atoms with Crippen molar-refractivity contribution in [3.8, 4) is 11.3 Å². The highest BCUT2D eigenvalue weighted by molar-refractivity contribution is 6.30. The van der Waals surface area contributed by atoms with E-state index < -0.39 is 47.1 Å². The molecule has 1 aromatic heterocycles. The third kappa shape index (κ3) is 3.97. The molecule has 172 valence electrons. The molecule has 0 radical (unpaired) electrons. The van der Waals surface area contributed by atoms with Crippen LogP contribution in [0.4, 0.5) is 17.6 Å². The van der Waals surface area contributed by atoms with Crippen LogP contribution in [0.3, 0.4) is 0 Å². The van der Waals surface area contributed by atoms with Crippen molar-refractivity contribution < 1.29 is 32.3 Å². The number of rotatable bonds is 6. The molecule has 6 nitrogen and oxygen atoms in total. The van der Waals surface area contributed by atoms with E-state index in [0.717, 1.165) is 0 Å². The summed E-state index contributed by atoms with van der Waals surface area (Å²) in [5.74, 6) is -2.19. The van der Waals surface area contributed by atoms with Crippen molar-refractivity contribution in [1.82, 2.24) is 15.6 Å². The Labute approximate surface area is 185 Å². The van der Waals surface area contributed by atoms with E-state index in [0.29, 0.717) is 10.6 Å². The average Bonchev–Trinajstić information content (AvgIpc) is 3.41. The van der Waals surface area contributed by atoms with Crippen LogP contribution < -0.4 is 10.6 Å². The first kappa shape index (κ1) is 22.6. The van der Waals surface area contributed by atoms with Gasteiger partial charge in [0.1, 0.15) is 23.4 Å². The van der Waals surface area contributed by atoms with Crippen LogP contribution in [-0.2, 0) is 21.4 Å². The molecule has 0 bridgehead atoms. The van der Waals surface area contributed by atoms with Gasteiger partial charge < -0.3 is 20.7 Å². The summed E-state index contributed by atoms with van der Waals surface area (Å²) in [6, 6.07) is 5.04. The molecule has 2 heterocycles. The second-order valence-electron chi connectivity index (χ2n) is 8.11. The first-order valence-electron chi connectivity index (χ1n) is 10.0. The van der Waals surface area contributed by atoms with Crippen LogP contribution in [0.1, 0.15) is 30.5 Å². The van der Waals surface area contributed by atoms with Crippen LogP contribution in [0, 0.1) is 5.82 Å². The number of benzene rings is 1. The molecule has 4 rings (SSSR count). The first-order valence-corrected chi connectivity index (χ1v) is 10.4. The molecule has 11 heteroatoms. The summed E-state index contributed by atoms with van der Waals surface area (Å²) in [6.45, 7) is -0.000180. The largest absolute Gasteiger partial charge is 0.399 e. The summed E-state index contributed by atoms with van der Waals surface area (Å²) in [5, 5.41) is 14.9. The molecule has 4 N–H and O–H groups in total. The van der Waals surface area contributed by atoms with Crippen molar-refractivity contribution in [2.24, 2.45) is 0 Å². The Morgan fingerprint density at radius 3 is 2.44 bits per heavy atom. The SMILES string of the molecule is O=C(CCc1c(-c2ccc(Cl)cc2)[nH]c(C2(C(F)(F)F)CC2)c1F)N[C@@H]1C(=O)NC[C@H]1O. The Hall–Kier alpha value is -2.59. The molecule has 0 spiro atoms. The number of amides is 2. The van der Waals surface area contributed by atoms with Gasteiger partial charge in [0.25, 0.3) is 0 Å². The molecule has 0 unspecified atom stereocenters. The van der Waals surface area contributed by atoms with Gasteiger partial charge in [-0.05, 0) is 37.0 Å². The van der Waals surface area contributed by atoms with E-state index in [-0.39, 0.29) is 43.5 Å². The van der Waals surface area contributed by atoms with Crippen LogP contribution in [0.15, 0.2) is 24.3 Å². The lowest BCUT2D eigenvalue weighted by Crippen LogP contribution is -2.45. The predicted molar refractivity (Wildman–Crippen MR) is 107 cm³/mol. The first-order chi connectivity index (χ1) is 15.0. The highest BCUT2D eigenvalue weighted by Crippen LogP contribution is 2.59. The van der Waals surface area contributed by atoms with Gasteiger partial charge in [0.2, 0.25) is 11.8 Å². The number of aliphatic hydroxyl groups is 1. The van der Waals surface area contributed by atoms with Crippen molar-refractivity contribution in [3.63, 3.8) is 0 Å². The summed E-state index contributed by atoms with van der Waals surface area (Å²) in [5.41, 5.74) is -2.26. The normalized spacial score (nSPS) is 22.0. The molecule has 1 saturated heterocycles. The average molecular weight is 474 g/mol. The molecule has 1 aliphatic heterocycles. The maximum absolute atomic E-state index is 15.3. The number of hydrogen-bond donors (Lipinski definition) is 4. The summed E-state index contributed by atoms with van der Waals surface area (Å²) >= 11 is 5.89. The zero-order valence-corrected chi connectivity index (χ0v) is 17.4. The Bertz CT molecular complexity index is 1050. The number of H-pyrrole nitrogens is 1. The van der Waals surface area contributed by atoms with Crippen molar-refractivity contribution >= 4 is 23.4 Å². The number of hydrogen-bond acceptors (Lipinski definition) is 3. The van der Waals surface area contributed by atoms with Crippen LogP contribution in [0.5, 0.6) is 0 Å². The van der Waals surface area contributed by atoms with Gasteiger partial charge in [0.15, 0.2) is 0 Å². The second kappa shape index (κ2) is 8.08. The number of aliphatic hydroxyl groups excluding tert-OH is 1. The molecule has 1 aromatic carbocycles. The number of nitrogens with one attached hydrogen (secondary N) is 3. The van der Waals surface area contributed by atoms with Gasteiger partial charge in [-0.3, -0.25) is 9.59 Å². The number of β-amino-alcohol motifs (C(OH)–C–C–N with tert-alkyl or cyclic N) is 1. The van der Waals surface area contributed by atoms with Crippen LogP contribution in [0.2, 0.25) is 5.02 Å². The lowest BCUT2D eigenvalue weighted by molar-refractivity contribution is -0.162. The van der Waals surface area contributed by atoms with Gasteiger partial charge in [0, 0.05) is 23.6 Å². The molecule has 2 amide bonds. The minimum absolute atomic E-state index is 0.000180. The van der Waals surface area contributed by atoms with Gasteiger partial charge in [0.05, 0.1) is 11.4 Å². The Kier molecular flexibility index (Phi) is 5.70. The summed E-state index contributed by atoms with van der Waals surface area (Å²) in [4.78, 5) is 26.6. The fourth-order valence-corrected chi connectivity index (χ4v) is 4.12. The Morgan fingerprint density at radius 1 is 1.25 bits per heavy atom. The lowest BCUT2D eigenvalue weighted by Gasteiger charge is -2.18. The van der Waals surface area contributed by atoms with E-state index in [4.69, 9.17) is 11.6 Å². The standard InChI is InChI=1S/C21H20ClF4N3O3/c22-11-3-1-10(2-4-11)16-12(5-6-14(31)28-17-13(30)9-27-19(17)32)15(23)18(29-16)20(7-8-20)21(24,25)26/h1-4,13,17,29-30H,5-9H2,(H,27,32)(H,28,31)/t13-,17+/m1/s1. The molecule has 2 aromatic rings. The predicted octanol–water partition coefficient (Wildman–Crippen LogP) is 2.98. The highest BCUT2D eigenvalue weighted by Gasteiger charge is 2.66. The number of halogens is 5. The number of alkyl halides is 3. The smallest absolute Gasteiger partial charge is 0.389 e. The van der Waals surface area contributed by atoms with Crippen LogP contribution >= 0.6 is 11.6 Å². The Balaban J connectivity index is 1.62. The maximum atomic E-state index is 15.3. The van der Waals surface area contributed by atoms with Crippen molar-refractivity contribution in [1.29, 1.82) is 0 Å². The van der Waals surface area contributed by atoms with Gasteiger partial charge in [-0.1, -0.05) is 23.7 Å². The van der Waals surface area contributed by atoms with Gasteiger partial charge in [-0.15, -0.1) is 0 Å². The van der Waals surface area contributed by atoms with Gasteiger partial charge >= 0.3 is 6.18 Å². The molecular formula is C21H20ClF4N3O3. The lowest BCUT2D eigenvalue weighted by atomic mass is 9.99. The zero-order valence-electron chi connectivity index (χ0n) is 16.7. The van der Waals surface area contributed by atoms with E-state index in [2.05, 4.69) is 15.6 Å². The van der Waals surface area contributed by atoms with Gasteiger partial charge in [-0.25, -0.2) is 4.39 Å². The minimum Gasteiger partial charge on any atom is -0.389 e. The van der Waals surface area contributed by atoms with E-state index >= 15 is 4.39 Å². The fraction of sp³-hybridized carbons (Fsp3) is 0.429. The maximum Gasteiger partial charge on any atom is 0.399 e. The topological polar surface area (TPSA) is 94.2 Å². The van der Waals surface area contributed by atoms with Crippen LogP contribution in [0.25, 0.3) is 11.3 Å². The van der Waals surface area contributed by atoms with E-state index in [1.54, 1.807) is 12.1 Å². The molecule has 2 atom stereocenters. The minimum atomic E-state index is -4.61. The van der Waals surface area contributed by atoms with Crippen molar-refractivity contribution in [2.75, 3.05) is 6.54 Å². The molecule has 32 heavy (non-hydrogen) atoms. The highest BCUT2D eigenvalue weighted by atomic mass is 35.5. The monoisotopic (exact) mass is 473 g/mol. The van der Waals surface area contributed by atoms with E-state index in [1.165, 1.54) is 12.1 Å². The quantitative estimate of drug-likeness (QED) is 0.486. The van der Waals surface area contributed by atoms with Crippen LogP contribution in [-0.4, -0.2) is 46.8 Å². The fourth-order valence-electron chi connectivity index (χ4n) is 4.00. The third-order valence-corrected chi connectivity index (χ3v) is 6.26. The zero-order chi connectivity index (χ0) is 23.3. The summed E-state index contributed by atoms with van der Waals surface area (Å²) in [6.07, 6.45) is -6.63. The Morgan fingerprint density at radius 2 is 1.91 bits per heavy atom. The third-order valence-electron chi connectivity index (χ3n) is 6.01. The molecule has 2 fully saturated rings. The van der Waals surface area contributed by atoms with E-state index in [9.17, 15) is 27.9 Å². The number of carbonyl (C=O) groups excluding carboxylic acids is 2. The molecule has 2 aliphatic rings. The number of carbonyl (C=O) groups is 2. The molecule has 1 aliphatic carbocycles. The van der Waals surface area contributed by atoms with Crippen molar-refractivity contribution in [2.45, 2.75) is 49.4 Å².